The Bertz CT molecular complexity index is 1240. The highest BCUT2D eigenvalue weighted by Crippen LogP contribution is 2.33. The van der Waals surface area contributed by atoms with Gasteiger partial charge in [0.25, 0.3) is 17.9 Å². The molecule has 2 atom stereocenters. The Labute approximate surface area is 215 Å². The van der Waals surface area contributed by atoms with E-state index >= 15 is 0 Å². The monoisotopic (exact) mass is 510 g/mol. The minimum Gasteiger partial charge on any atom is -0.431 e. The lowest BCUT2D eigenvalue weighted by atomic mass is 10.0. The fourth-order valence-electron chi connectivity index (χ4n) is 5.26. The lowest BCUT2D eigenvalue weighted by Crippen LogP contribution is -2.36. The number of piperidine rings is 1. The third-order valence-corrected chi connectivity index (χ3v) is 7.50. The zero-order valence-electron chi connectivity index (χ0n) is 21.2. The van der Waals surface area contributed by atoms with Gasteiger partial charge in [-0.05, 0) is 38.5 Å². The Morgan fingerprint density at radius 3 is 2.59 bits per heavy atom. The van der Waals surface area contributed by atoms with Crippen LogP contribution in [0.3, 0.4) is 0 Å². The highest BCUT2D eigenvalue weighted by molar-refractivity contribution is 6.05. The Morgan fingerprint density at radius 2 is 1.84 bits per heavy atom. The first-order valence-corrected chi connectivity index (χ1v) is 13.2. The van der Waals surface area contributed by atoms with Crippen LogP contribution in [0, 0.1) is 5.92 Å². The summed E-state index contributed by atoms with van der Waals surface area (Å²) in [5.41, 5.74) is 7.91. The van der Waals surface area contributed by atoms with Gasteiger partial charge in [-0.2, -0.15) is 9.97 Å². The number of fused-ring (bicyclic) bond motifs is 1. The van der Waals surface area contributed by atoms with Gasteiger partial charge in [0.05, 0.1) is 18.9 Å². The van der Waals surface area contributed by atoms with Gasteiger partial charge < -0.3 is 39.3 Å². The topological polar surface area (TPSA) is 139 Å². The summed E-state index contributed by atoms with van der Waals surface area (Å²) in [6, 6.07) is 2.90. The molecular formula is C25H34N8O4. The van der Waals surface area contributed by atoms with Gasteiger partial charge in [-0.1, -0.05) is 0 Å². The minimum absolute atomic E-state index is 0.109. The number of hydrogen-bond acceptors (Lipinski definition) is 11. The van der Waals surface area contributed by atoms with Crippen molar-refractivity contribution in [2.45, 2.75) is 38.6 Å². The van der Waals surface area contributed by atoms with Crippen molar-refractivity contribution in [3.8, 4) is 0 Å². The molecule has 6 heterocycles. The number of morpholine rings is 1. The summed E-state index contributed by atoms with van der Waals surface area (Å²) in [5.74, 6) is 0.731. The van der Waals surface area contributed by atoms with Crippen molar-refractivity contribution >= 4 is 40.7 Å². The number of rotatable bonds is 6. The van der Waals surface area contributed by atoms with Crippen molar-refractivity contribution in [2.75, 3.05) is 72.5 Å². The van der Waals surface area contributed by atoms with Gasteiger partial charge in [-0.15, -0.1) is 0 Å². The molecule has 0 bridgehead atoms. The second-order valence-corrected chi connectivity index (χ2v) is 10.1. The number of amides is 1. The summed E-state index contributed by atoms with van der Waals surface area (Å²) >= 11 is 0. The number of oxazole rings is 2. The quantitative estimate of drug-likeness (QED) is 0.505. The third kappa shape index (κ3) is 4.95. The molecule has 3 saturated heterocycles. The molecule has 0 aromatic carbocycles. The number of ether oxygens (including phenoxy) is 1. The first-order chi connectivity index (χ1) is 18.0. The normalized spacial score (nSPS) is 21.6. The fraction of sp³-hybridized carbons (Fsp3) is 0.600. The molecule has 6 rings (SSSR count). The van der Waals surface area contributed by atoms with Crippen LogP contribution in [0.5, 0.6) is 0 Å². The van der Waals surface area contributed by atoms with Crippen LogP contribution in [0.1, 0.15) is 43.1 Å². The molecule has 2 unspecified atom stereocenters. The van der Waals surface area contributed by atoms with Gasteiger partial charge in [0, 0.05) is 51.4 Å². The molecule has 12 nitrogen and oxygen atoms in total. The predicted molar refractivity (Wildman–Crippen MR) is 139 cm³/mol. The van der Waals surface area contributed by atoms with E-state index < -0.39 is 0 Å². The van der Waals surface area contributed by atoms with Crippen LogP contribution in [0.4, 0.5) is 23.5 Å². The van der Waals surface area contributed by atoms with Gasteiger partial charge in [0.15, 0.2) is 17.1 Å². The number of anilines is 4. The molecule has 3 fully saturated rings. The Kier molecular flexibility index (Phi) is 6.59. The molecule has 37 heavy (non-hydrogen) atoms. The molecule has 0 radical (unpaired) electrons. The zero-order chi connectivity index (χ0) is 25.4. The van der Waals surface area contributed by atoms with E-state index in [4.69, 9.17) is 24.3 Å². The lowest BCUT2D eigenvalue weighted by molar-refractivity contribution is 0.102. The Morgan fingerprint density at radius 1 is 1.03 bits per heavy atom. The third-order valence-electron chi connectivity index (χ3n) is 7.50. The first-order valence-electron chi connectivity index (χ1n) is 13.2. The molecule has 3 aromatic rings. The number of nitrogens with two attached hydrogens (primary N) is 1. The Balaban J connectivity index is 1.26. The van der Waals surface area contributed by atoms with Crippen molar-refractivity contribution in [3.63, 3.8) is 0 Å². The summed E-state index contributed by atoms with van der Waals surface area (Å²) in [7, 11) is 0. The fourth-order valence-corrected chi connectivity index (χ4v) is 5.26. The SMILES string of the molecule is CC(N)C1CCN(c2nc(C(=O)Nc3cc4oc(N5CCOCC5)nc4nc3N3CCCCC3)co2)C1. The van der Waals surface area contributed by atoms with Gasteiger partial charge in [-0.3, -0.25) is 4.79 Å². The first kappa shape index (κ1) is 24.0. The highest BCUT2D eigenvalue weighted by atomic mass is 16.5. The van der Waals surface area contributed by atoms with Gasteiger partial charge in [-0.25, -0.2) is 4.98 Å². The number of nitrogens with one attached hydrogen (secondary N) is 1. The number of carbonyl (C=O) groups is 1. The second-order valence-electron chi connectivity index (χ2n) is 10.1. The van der Waals surface area contributed by atoms with Gasteiger partial charge >= 0.3 is 0 Å². The molecule has 3 N–H and O–H groups in total. The molecular weight excluding hydrogens is 476 g/mol. The summed E-state index contributed by atoms with van der Waals surface area (Å²) in [4.78, 5) is 33.5. The number of nitrogens with zero attached hydrogens (tertiary/aromatic N) is 6. The number of carbonyl (C=O) groups excluding carboxylic acids is 1. The van der Waals surface area contributed by atoms with Crippen LogP contribution < -0.4 is 25.8 Å². The van der Waals surface area contributed by atoms with Crippen molar-refractivity contribution in [1.29, 1.82) is 0 Å². The van der Waals surface area contributed by atoms with Crippen molar-refractivity contribution < 1.29 is 18.4 Å². The smallest absolute Gasteiger partial charge is 0.300 e. The number of pyridine rings is 1. The van der Waals surface area contributed by atoms with Crippen LogP contribution in [0.2, 0.25) is 0 Å². The number of aromatic nitrogens is 3. The van der Waals surface area contributed by atoms with E-state index in [-0.39, 0.29) is 17.6 Å². The molecule has 3 aromatic heterocycles. The van der Waals surface area contributed by atoms with E-state index in [0.717, 1.165) is 45.4 Å². The van der Waals surface area contributed by atoms with Gasteiger partial charge in [0.2, 0.25) is 5.65 Å². The van der Waals surface area contributed by atoms with E-state index in [2.05, 4.69) is 25.1 Å². The number of hydrogen-bond donors (Lipinski definition) is 2. The molecule has 198 valence electrons. The van der Waals surface area contributed by atoms with Crippen molar-refractivity contribution in [1.82, 2.24) is 15.0 Å². The summed E-state index contributed by atoms with van der Waals surface area (Å²) in [6.07, 6.45) is 5.73. The molecule has 0 spiro atoms. The maximum Gasteiger partial charge on any atom is 0.300 e. The molecule has 1 amide bonds. The highest BCUT2D eigenvalue weighted by Gasteiger charge is 2.29. The summed E-state index contributed by atoms with van der Waals surface area (Å²) < 4.78 is 17.2. The van der Waals surface area contributed by atoms with Crippen LogP contribution in [0.15, 0.2) is 21.2 Å². The van der Waals surface area contributed by atoms with Crippen molar-refractivity contribution in [2.24, 2.45) is 11.7 Å². The van der Waals surface area contributed by atoms with E-state index in [1.165, 1.54) is 12.7 Å². The lowest BCUT2D eigenvalue weighted by Gasteiger charge is -2.29. The molecule has 3 aliphatic heterocycles. The average Bonchev–Trinajstić information content (AvgIpc) is 3.68. The maximum atomic E-state index is 13.3. The maximum absolute atomic E-state index is 13.3. The predicted octanol–water partition coefficient (Wildman–Crippen LogP) is 2.46. The second kappa shape index (κ2) is 10.2. The summed E-state index contributed by atoms with van der Waals surface area (Å²) in [6.45, 7) is 8.05. The van der Waals surface area contributed by atoms with E-state index in [9.17, 15) is 4.79 Å². The molecule has 12 heteroatoms. The summed E-state index contributed by atoms with van der Waals surface area (Å²) in [5, 5.41) is 3.01. The molecule has 3 aliphatic rings. The van der Waals surface area contributed by atoms with Crippen LogP contribution in [-0.2, 0) is 4.74 Å². The average molecular weight is 511 g/mol. The standard InChI is InChI=1S/C25H34N8O4/c1-16(26)17-5-8-33(14-17)24-28-19(15-36-24)23(34)27-18-13-20-21(29-22(18)31-6-3-2-4-7-31)30-25(37-20)32-9-11-35-12-10-32/h13,15-17H,2-12,14,26H2,1H3,(H,27,34). The minimum atomic E-state index is -0.356. The van der Waals surface area contributed by atoms with E-state index in [0.29, 0.717) is 67.0 Å². The van der Waals surface area contributed by atoms with Crippen molar-refractivity contribution in [3.05, 3.63) is 18.0 Å². The van der Waals surface area contributed by atoms with Crippen LogP contribution >= 0.6 is 0 Å². The van der Waals surface area contributed by atoms with E-state index in [1.807, 2.05) is 17.9 Å². The molecule has 0 saturated carbocycles. The zero-order valence-corrected chi connectivity index (χ0v) is 21.2. The van der Waals surface area contributed by atoms with Crippen LogP contribution in [0.25, 0.3) is 11.2 Å². The van der Waals surface area contributed by atoms with E-state index in [1.54, 1.807) is 0 Å². The van der Waals surface area contributed by atoms with Crippen LogP contribution in [-0.4, -0.2) is 79.4 Å². The molecule has 0 aliphatic carbocycles. The largest absolute Gasteiger partial charge is 0.431 e. The van der Waals surface area contributed by atoms with Gasteiger partial charge in [0.1, 0.15) is 6.26 Å². The Hall–Kier alpha value is -3.38.